The number of para-hydroxylation sites is 2. The van der Waals surface area contributed by atoms with Crippen molar-refractivity contribution in [3.63, 3.8) is 0 Å². The smallest absolute Gasteiger partial charge is 0.239 e. The Bertz CT molecular complexity index is 1010. The monoisotopic (exact) mass is 318 g/mol. The molecule has 3 rings (SSSR count). The van der Waals surface area contributed by atoms with Crippen LogP contribution in [0.3, 0.4) is 0 Å². The maximum absolute atomic E-state index is 12.3. The third kappa shape index (κ3) is 3.15. The molecule has 0 aromatic heterocycles. The average molecular weight is 318 g/mol. The maximum Gasteiger partial charge on any atom is 0.239 e. The van der Waals surface area contributed by atoms with Crippen LogP contribution in [0.4, 0.5) is 11.4 Å². The standard InChI is InChI=1S/C19H14N2O3/c22-17-15(11-20-13-7-3-1-4-8-13)18(23)19(24)16(17)12-21-14-9-5-2-6-10-14/h1-12,20-21H/b15-11-,16-12+. The zero-order chi connectivity index (χ0) is 16.9. The van der Waals surface area contributed by atoms with Crippen molar-refractivity contribution in [2.45, 2.75) is 0 Å². The molecule has 3 aromatic carbocycles. The summed E-state index contributed by atoms with van der Waals surface area (Å²) in [5.74, 6) is 0. The van der Waals surface area contributed by atoms with Gasteiger partial charge in [-0.25, -0.2) is 0 Å². The van der Waals surface area contributed by atoms with E-state index >= 15 is 0 Å². The van der Waals surface area contributed by atoms with Crippen molar-refractivity contribution in [3.8, 4) is 0 Å². The molecule has 0 unspecified atom stereocenters. The van der Waals surface area contributed by atoms with E-state index in [-0.39, 0.29) is 10.4 Å². The number of anilines is 2. The van der Waals surface area contributed by atoms with Crippen molar-refractivity contribution in [1.29, 1.82) is 0 Å². The quantitative estimate of drug-likeness (QED) is 0.679. The van der Waals surface area contributed by atoms with E-state index in [4.69, 9.17) is 0 Å². The lowest BCUT2D eigenvalue weighted by atomic mass is 10.3. The molecule has 0 aliphatic heterocycles. The van der Waals surface area contributed by atoms with Crippen LogP contribution in [0.15, 0.2) is 75.0 Å². The van der Waals surface area contributed by atoms with Gasteiger partial charge in [-0.1, -0.05) is 36.4 Å². The van der Waals surface area contributed by atoms with Gasteiger partial charge in [-0.3, -0.25) is 14.4 Å². The van der Waals surface area contributed by atoms with Gasteiger partial charge in [0.15, 0.2) is 0 Å². The molecule has 0 amide bonds. The molecule has 5 nitrogen and oxygen atoms in total. The molecule has 2 N–H and O–H groups in total. The molecule has 0 bridgehead atoms. The van der Waals surface area contributed by atoms with Crippen LogP contribution >= 0.6 is 0 Å². The minimum Gasteiger partial charge on any atom is -0.361 e. The second-order valence-electron chi connectivity index (χ2n) is 5.12. The van der Waals surface area contributed by atoms with Crippen LogP contribution in [0.25, 0.3) is 12.4 Å². The zero-order valence-electron chi connectivity index (χ0n) is 12.7. The van der Waals surface area contributed by atoms with Gasteiger partial charge in [0.1, 0.15) is 0 Å². The van der Waals surface area contributed by atoms with Gasteiger partial charge in [0, 0.05) is 23.8 Å². The van der Waals surface area contributed by atoms with Gasteiger partial charge < -0.3 is 10.6 Å². The van der Waals surface area contributed by atoms with E-state index in [2.05, 4.69) is 10.6 Å². The number of hydrogen-bond donors (Lipinski definition) is 2. The Morgan fingerprint density at radius 2 is 0.917 bits per heavy atom. The van der Waals surface area contributed by atoms with Crippen LogP contribution in [0.5, 0.6) is 0 Å². The molecule has 3 aromatic rings. The lowest BCUT2D eigenvalue weighted by molar-refractivity contribution is 1.51. The maximum atomic E-state index is 12.3. The van der Waals surface area contributed by atoms with E-state index in [0.29, 0.717) is 0 Å². The van der Waals surface area contributed by atoms with E-state index in [0.717, 1.165) is 11.4 Å². The van der Waals surface area contributed by atoms with E-state index in [1.807, 2.05) is 36.4 Å². The predicted molar refractivity (Wildman–Crippen MR) is 95.9 cm³/mol. The van der Waals surface area contributed by atoms with Crippen LogP contribution < -0.4 is 37.4 Å². The van der Waals surface area contributed by atoms with Crippen LogP contribution in [-0.4, -0.2) is 0 Å². The number of hydrogen-bond acceptors (Lipinski definition) is 5. The third-order valence-corrected chi connectivity index (χ3v) is 3.50. The van der Waals surface area contributed by atoms with Crippen molar-refractivity contribution in [1.82, 2.24) is 0 Å². The topological polar surface area (TPSA) is 75.3 Å². The largest absolute Gasteiger partial charge is 0.361 e. The Hall–Kier alpha value is -3.47. The third-order valence-electron chi connectivity index (χ3n) is 3.50. The Morgan fingerprint density at radius 1 is 0.542 bits per heavy atom. The van der Waals surface area contributed by atoms with Gasteiger partial charge in [-0.15, -0.1) is 0 Å². The Morgan fingerprint density at radius 3 is 1.29 bits per heavy atom. The summed E-state index contributed by atoms with van der Waals surface area (Å²) in [6.07, 6.45) is 2.56. The van der Waals surface area contributed by atoms with Crippen LogP contribution in [0.1, 0.15) is 0 Å². The van der Waals surface area contributed by atoms with E-state index in [1.165, 1.54) is 12.4 Å². The fourth-order valence-corrected chi connectivity index (χ4v) is 2.24. The Kier molecular flexibility index (Phi) is 4.34. The fraction of sp³-hybridized carbons (Fsp3) is 0. The lowest BCUT2D eigenvalue weighted by Gasteiger charge is -1.97. The summed E-state index contributed by atoms with van der Waals surface area (Å²) in [6.45, 7) is 0. The summed E-state index contributed by atoms with van der Waals surface area (Å²) in [5, 5.41) is 5.39. The fourth-order valence-electron chi connectivity index (χ4n) is 2.24. The first-order valence-electron chi connectivity index (χ1n) is 7.34. The molecule has 118 valence electrons. The van der Waals surface area contributed by atoms with E-state index in [1.54, 1.807) is 24.3 Å². The molecule has 24 heavy (non-hydrogen) atoms. The number of rotatable bonds is 4. The van der Waals surface area contributed by atoms with Gasteiger partial charge in [-0.2, -0.15) is 0 Å². The Balaban J connectivity index is 2.00. The van der Waals surface area contributed by atoms with Crippen LogP contribution in [-0.2, 0) is 0 Å². The second-order valence-corrected chi connectivity index (χ2v) is 5.12. The first kappa shape index (κ1) is 15.4. The highest BCUT2D eigenvalue weighted by Crippen LogP contribution is 2.04. The molecule has 0 aliphatic rings. The average Bonchev–Trinajstić information content (AvgIpc) is 2.82. The highest BCUT2D eigenvalue weighted by atomic mass is 16.2. The summed E-state index contributed by atoms with van der Waals surface area (Å²) in [5.41, 5.74) is -0.748. The van der Waals surface area contributed by atoms with Gasteiger partial charge in [0.05, 0.1) is 10.4 Å². The summed E-state index contributed by atoms with van der Waals surface area (Å²) < 4.78 is 0. The molecule has 0 heterocycles. The van der Waals surface area contributed by atoms with Crippen molar-refractivity contribution >= 4 is 23.8 Å². The van der Waals surface area contributed by atoms with Crippen molar-refractivity contribution < 1.29 is 0 Å². The number of benzene rings is 2. The molecule has 0 atom stereocenters. The Labute approximate surface area is 136 Å². The van der Waals surface area contributed by atoms with E-state index < -0.39 is 16.3 Å². The van der Waals surface area contributed by atoms with Gasteiger partial charge in [0.2, 0.25) is 16.3 Å². The van der Waals surface area contributed by atoms with E-state index in [9.17, 15) is 14.4 Å². The molecule has 0 saturated carbocycles. The molecule has 5 heteroatoms. The van der Waals surface area contributed by atoms with Gasteiger partial charge >= 0.3 is 0 Å². The van der Waals surface area contributed by atoms with Gasteiger partial charge in [-0.05, 0) is 24.3 Å². The van der Waals surface area contributed by atoms with Crippen molar-refractivity contribution in [3.05, 3.63) is 102 Å². The SMILES string of the molecule is O=c1c(=O)/c(=C/Nc2ccccc2)c(=O)/c1=C/Nc1ccccc1. The van der Waals surface area contributed by atoms with Crippen LogP contribution in [0.2, 0.25) is 0 Å². The summed E-state index contributed by atoms with van der Waals surface area (Å²) in [6, 6.07) is 18.1. The highest BCUT2D eigenvalue weighted by molar-refractivity contribution is 5.56. The summed E-state index contributed by atoms with van der Waals surface area (Å²) in [7, 11) is 0. The van der Waals surface area contributed by atoms with Crippen LogP contribution in [0, 0.1) is 0 Å². The van der Waals surface area contributed by atoms with Crippen molar-refractivity contribution in [2.75, 3.05) is 10.6 Å². The predicted octanol–water partition coefficient (Wildman–Crippen LogP) is 0.343. The summed E-state index contributed by atoms with van der Waals surface area (Å²) in [4.78, 5) is 36.3. The molecule has 0 fully saturated rings. The highest BCUT2D eigenvalue weighted by Gasteiger charge is 2.08. The normalized spacial score (nSPS) is 12.3. The zero-order valence-corrected chi connectivity index (χ0v) is 12.7. The molecule has 0 saturated heterocycles. The minimum atomic E-state index is -0.801. The molecule has 0 spiro atoms. The molecule has 0 radical (unpaired) electrons. The molecular weight excluding hydrogens is 304 g/mol. The number of nitrogens with one attached hydrogen (secondary N) is 2. The first-order chi connectivity index (χ1) is 11.7. The molecular formula is C19H14N2O3. The van der Waals surface area contributed by atoms with Gasteiger partial charge in [0.25, 0.3) is 0 Å². The van der Waals surface area contributed by atoms with Crippen molar-refractivity contribution in [2.24, 2.45) is 0 Å². The minimum absolute atomic E-state index is 0.162. The summed E-state index contributed by atoms with van der Waals surface area (Å²) >= 11 is 0. The lowest BCUT2D eigenvalue weighted by Crippen LogP contribution is -2.37. The first-order valence-corrected chi connectivity index (χ1v) is 7.34. The second kappa shape index (κ2) is 6.75. The molecule has 0 aliphatic carbocycles.